The number of rotatable bonds is 5. The maximum absolute atomic E-state index is 12.4. The molecule has 1 unspecified atom stereocenters. The number of amides is 1. The van der Waals surface area contributed by atoms with Gasteiger partial charge in [-0.05, 0) is 79.5 Å². The average Bonchev–Trinajstić information content (AvgIpc) is 3.22. The lowest BCUT2D eigenvalue weighted by molar-refractivity contribution is 0.0977. The molecule has 32 heavy (non-hydrogen) atoms. The number of nitrogens with zero attached hydrogens (tertiary/aromatic N) is 1. The first-order valence-electron chi connectivity index (χ1n) is 10.6. The van der Waals surface area contributed by atoms with Crippen LogP contribution < -0.4 is 10.6 Å². The van der Waals surface area contributed by atoms with Gasteiger partial charge in [-0.2, -0.15) is 0 Å². The molecule has 0 radical (unpaired) electrons. The largest absolute Gasteiger partial charge is 0.436 e. The molecule has 162 valence electrons. The molecule has 1 aromatic heterocycles. The minimum absolute atomic E-state index is 0.225. The number of hydrogen-bond donors (Lipinski definition) is 2. The highest BCUT2D eigenvalue weighted by Gasteiger charge is 2.12. The van der Waals surface area contributed by atoms with E-state index in [1.165, 1.54) is 5.56 Å². The van der Waals surface area contributed by atoms with E-state index < -0.39 is 0 Å². The van der Waals surface area contributed by atoms with Gasteiger partial charge in [-0.1, -0.05) is 43.7 Å². The van der Waals surface area contributed by atoms with Crippen molar-refractivity contribution in [2.45, 2.75) is 33.1 Å². The first-order valence-corrected chi connectivity index (χ1v) is 11.0. The van der Waals surface area contributed by atoms with Crippen LogP contribution in [0.5, 0.6) is 0 Å². The summed E-state index contributed by atoms with van der Waals surface area (Å²) in [5, 5.41) is 5.99. The van der Waals surface area contributed by atoms with E-state index in [4.69, 9.17) is 16.6 Å². The van der Waals surface area contributed by atoms with Crippen LogP contribution in [0, 0.1) is 6.92 Å². The smallest absolute Gasteiger partial charge is 0.257 e. The molecule has 5 nitrogen and oxygen atoms in total. The van der Waals surface area contributed by atoms with Gasteiger partial charge in [0.05, 0.1) is 0 Å². The monoisotopic (exact) mass is 443 g/mol. The number of nitrogens with one attached hydrogen (secondary N) is 2. The lowest BCUT2D eigenvalue weighted by Crippen LogP contribution is -2.34. The zero-order valence-electron chi connectivity index (χ0n) is 18.3. The summed E-state index contributed by atoms with van der Waals surface area (Å²) in [5.74, 6) is 0.762. The van der Waals surface area contributed by atoms with Crippen LogP contribution in [0.1, 0.15) is 47.7 Å². The molecule has 4 aromatic rings. The number of carbonyl (C=O) groups is 1. The SMILES string of the molecule is CCC(C)c1ccc2oc(-c3cccc(NC(=S)NC(=O)c4ccc(C)cc4)c3)nc2c1. The van der Waals surface area contributed by atoms with E-state index in [9.17, 15) is 4.79 Å². The average molecular weight is 444 g/mol. The first kappa shape index (κ1) is 21.7. The molecule has 0 spiro atoms. The van der Waals surface area contributed by atoms with E-state index in [1.807, 2.05) is 49.4 Å². The minimum atomic E-state index is -0.255. The molecule has 0 fully saturated rings. The standard InChI is InChI=1S/C26H25N3O2S/c1-4-17(3)19-12-13-23-22(15-19)28-25(31-23)20-6-5-7-21(14-20)27-26(32)29-24(30)18-10-8-16(2)9-11-18/h5-15,17H,4H2,1-3H3,(H2,27,29,30,32). The maximum Gasteiger partial charge on any atom is 0.257 e. The fourth-order valence-electron chi connectivity index (χ4n) is 3.38. The summed E-state index contributed by atoms with van der Waals surface area (Å²) >= 11 is 5.32. The summed E-state index contributed by atoms with van der Waals surface area (Å²) in [4.78, 5) is 17.1. The molecule has 0 saturated heterocycles. The number of carbonyl (C=O) groups excluding carboxylic acids is 1. The van der Waals surface area contributed by atoms with E-state index in [0.29, 0.717) is 17.4 Å². The molecule has 3 aromatic carbocycles. The van der Waals surface area contributed by atoms with Crippen LogP contribution >= 0.6 is 12.2 Å². The molecular formula is C26H25N3O2S. The van der Waals surface area contributed by atoms with Crippen LogP contribution in [-0.2, 0) is 0 Å². The molecule has 6 heteroatoms. The van der Waals surface area contributed by atoms with Gasteiger partial charge in [0, 0.05) is 16.8 Å². The van der Waals surface area contributed by atoms with E-state index in [1.54, 1.807) is 12.1 Å². The Balaban J connectivity index is 1.49. The van der Waals surface area contributed by atoms with Crippen LogP contribution in [0.15, 0.2) is 71.1 Å². The Bertz CT molecular complexity index is 1280. The van der Waals surface area contributed by atoms with E-state index in [0.717, 1.165) is 34.3 Å². The molecule has 0 saturated carbocycles. The second-order valence-corrected chi connectivity index (χ2v) is 8.32. The van der Waals surface area contributed by atoms with E-state index in [-0.39, 0.29) is 11.0 Å². The minimum Gasteiger partial charge on any atom is -0.436 e. The van der Waals surface area contributed by atoms with E-state index >= 15 is 0 Å². The molecule has 2 N–H and O–H groups in total. The Kier molecular flexibility index (Phi) is 6.32. The molecule has 1 heterocycles. The van der Waals surface area contributed by atoms with E-state index in [2.05, 4.69) is 41.6 Å². The molecule has 1 amide bonds. The van der Waals surface area contributed by atoms with Crippen molar-refractivity contribution in [3.8, 4) is 11.5 Å². The summed E-state index contributed by atoms with van der Waals surface area (Å²) in [6, 6.07) is 21.1. The summed E-state index contributed by atoms with van der Waals surface area (Å²) in [6.07, 6.45) is 1.07. The van der Waals surface area contributed by atoms with Crippen LogP contribution in [0.25, 0.3) is 22.6 Å². The Labute approximate surface area is 192 Å². The van der Waals surface area contributed by atoms with Gasteiger partial charge in [0.2, 0.25) is 5.89 Å². The molecule has 4 rings (SSSR count). The lowest BCUT2D eigenvalue weighted by Gasteiger charge is -2.10. The number of aromatic nitrogens is 1. The highest BCUT2D eigenvalue weighted by molar-refractivity contribution is 7.80. The van der Waals surface area contributed by atoms with Crippen molar-refractivity contribution in [2.75, 3.05) is 5.32 Å². The Morgan fingerprint density at radius 3 is 2.62 bits per heavy atom. The van der Waals surface area contributed by atoms with Gasteiger partial charge in [-0.25, -0.2) is 4.98 Å². The van der Waals surface area contributed by atoms with Crippen molar-refractivity contribution in [1.82, 2.24) is 10.3 Å². The molecular weight excluding hydrogens is 418 g/mol. The predicted octanol–water partition coefficient (Wildman–Crippen LogP) is 6.44. The van der Waals surface area contributed by atoms with Crippen molar-refractivity contribution in [2.24, 2.45) is 0 Å². The maximum atomic E-state index is 12.4. The molecule has 0 aliphatic carbocycles. The van der Waals surface area contributed by atoms with Crippen molar-refractivity contribution < 1.29 is 9.21 Å². The second-order valence-electron chi connectivity index (χ2n) is 7.91. The van der Waals surface area contributed by atoms with Crippen LogP contribution in [-0.4, -0.2) is 16.0 Å². The first-order chi connectivity index (χ1) is 15.4. The lowest BCUT2D eigenvalue weighted by atomic mass is 9.98. The number of thiocarbonyl (C=S) groups is 1. The third-order valence-corrected chi connectivity index (χ3v) is 5.71. The molecule has 1 atom stereocenters. The Hall–Kier alpha value is -3.51. The number of aryl methyl sites for hydroxylation is 1. The van der Waals surface area contributed by atoms with Gasteiger partial charge in [0.25, 0.3) is 5.91 Å². The quantitative estimate of drug-likeness (QED) is 0.347. The van der Waals surface area contributed by atoms with Crippen molar-refractivity contribution in [3.63, 3.8) is 0 Å². The van der Waals surface area contributed by atoms with Crippen molar-refractivity contribution >= 4 is 40.0 Å². The normalized spacial score (nSPS) is 11.8. The molecule has 0 bridgehead atoms. The zero-order valence-corrected chi connectivity index (χ0v) is 19.1. The Morgan fingerprint density at radius 1 is 1.09 bits per heavy atom. The highest BCUT2D eigenvalue weighted by Crippen LogP contribution is 2.29. The predicted molar refractivity (Wildman–Crippen MR) is 133 cm³/mol. The van der Waals surface area contributed by atoms with Gasteiger partial charge < -0.3 is 9.73 Å². The Morgan fingerprint density at radius 2 is 1.88 bits per heavy atom. The van der Waals surface area contributed by atoms with Crippen molar-refractivity contribution in [3.05, 3.63) is 83.4 Å². The zero-order chi connectivity index (χ0) is 22.7. The summed E-state index contributed by atoms with van der Waals surface area (Å²) in [6.45, 7) is 6.36. The summed E-state index contributed by atoms with van der Waals surface area (Å²) in [7, 11) is 0. The highest BCUT2D eigenvalue weighted by atomic mass is 32.1. The number of fused-ring (bicyclic) bond motifs is 1. The van der Waals surface area contributed by atoms with Crippen molar-refractivity contribution in [1.29, 1.82) is 0 Å². The summed E-state index contributed by atoms with van der Waals surface area (Å²) < 4.78 is 5.97. The third kappa shape index (κ3) is 4.86. The van der Waals surface area contributed by atoms with Crippen LogP contribution in [0.3, 0.4) is 0 Å². The van der Waals surface area contributed by atoms with Gasteiger partial charge in [-0.3, -0.25) is 10.1 Å². The molecule has 0 aliphatic heterocycles. The van der Waals surface area contributed by atoms with Gasteiger partial charge in [0.1, 0.15) is 5.52 Å². The number of hydrogen-bond acceptors (Lipinski definition) is 4. The van der Waals surface area contributed by atoms with Gasteiger partial charge >= 0.3 is 0 Å². The number of oxazole rings is 1. The fourth-order valence-corrected chi connectivity index (χ4v) is 3.59. The number of benzene rings is 3. The number of anilines is 1. The third-order valence-electron chi connectivity index (χ3n) is 5.50. The fraction of sp³-hybridized carbons (Fsp3) is 0.192. The topological polar surface area (TPSA) is 67.2 Å². The van der Waals surface area contributed by atoms with Gasteiger partial charge in [-0.15, -0.1) is 0 Å². The van der Waals surface area contributed by atoms with Crippen LogP contribution in [0.2, 0.25) is 0 Å². The second kappa shape index (κ2) is 9.32. The summed E-state index contributed by atoms with van der Waals surface area (Å²) in [5.41, 5.74) is 6.06. The molecule has 0 aliphatic rings. The van der Waals surface area contributed by atoms with Crippen LogP contribution in [0.4, 0.5) is 5.69 Å². The van der Waals surface area contributed by atoms with Gasteiger partial charge in [0.15, 0.2) is 10.7 Å².